The smallest absolute Gasteiger partial charge is 0.307 e. The molecular weight excluding hydrogens is 176 g/mol. The maximum atomic E-state index is 11.2. The minimum absolute atomic E-state index is 0.0265. The van der Waals surface area contributed by atoms with Crippen LogP contribution in [0.25, 0.3) is 0 Å². The van der Waals surface area contributed by atoms with Gasteiger partial charge in [0.1, 0.15) is 0 Å². The molecule has 0 aromatic carbocycles. The molecule has 2 aliphatic rings. The first-order chi connectivity index (χ1) is 6.48. The Bertz CT molecular complexity index is 265. The van der Waals surface area contributed by atoms with Gasteiger partial charge in [0.15, 0.2) is 0 Å². The second kappa shape index (κ2) is 2.74. The zero-order chi connectivity index (χ0) is 10.6. The lowest BCUT2D eigenvalue weighted by molar-refractivity contribution is -0.140. The van der Waals surface area contributed by atoms with Crippen molar-refractivity contribution in [2.24, 2.45) is 22.7 Å². The van der Waals surface area contributed by atoms with Gasteiger partial charge in [-0.25, -0.2) is 0 Å². The van der Waals surface area contributed by atoms with Crippen LogP contribution in [-0.2, 0) is 4.79 Å². The number of aliphatic carboxylic acids is 1. The molecule has 2 saturated carbocycles. The monoisotopic (exact) mass is 196 g/mol. The molecule has 2 atom stereocenters. The minimum atomic E-state index is -0.580. The first-order valence-electron chi connectivity index (χ1n) is 5.71. The van der Waals surface area contributed by atoms with E-state index in [0.29, 0.717) is 5.92 Å². The lowest BCUT2D eigenvalue weighted by atomic mass is 9.68. The number of hydrogen-bond donors (Lipinski definition) is 1. The molecule has 0 saturated heterocycles. The number of carboxylic acids is 1. The van der Waals surface area contributed by atoms with E-state index < -0.39 is 5.97 Å². The molecule has 0 aromatic rings. The van der Waals surface area contributed by atoms with Gasteiger partial charge in [-0.15, -0.1) is 0 Å². The molecule has 0 amide bonds. The van der Waals surface area contributed by atoms with E-state index in [1.165, 1.54) is 19.3 Å². The number of hydrogen-bond acceptors (Lipinski definition) is 1. The number of carboxylic acid groups (broad SMARTS) is 1. The molecule has 0 heterocycles. The third kappa shape index (κ3) is 0.896. The number of carbonyl (C=O) groups is 1. The average Bonchev–Trinajstić information content (AvgIpc) is 2.45. The highest BCUT2D eigenvalue weighted by Gasteiger charge is 2.76. The minimum Gasteiger partial charge on any atom is -0.481 e. The van der Waals surface area contributed by atoms with Crippen molar-refractivity contribution in [3.63, 3.8) is 0 Å². The maximum Gasteiger partial charge on any atom is 0.307 e. The van der Waals surface area contributed by atoms with E-state index in [-0.39, 0.29) is 16.7 Å². The van der Waals surface area contributed by atoms with Crippen molar-refractivity contribution < 1.29 is 9.90 Å². The zero-order valence-electron chi connectivity index (χ0n) is 9.34. The molecule has 2 heteroatoms. The van der Waals surface area contributed by atoms with Crippen LogP contribution in [0.4, 0.5) is 0 Å². The fourth-order valence-electron chi connectivity index (χ4n) is 4.05. The predicted octanol–water partition coefficient (Wildman–Crippen LogP) is 2.92. The van der Waals surface area contributed by atoms with Gasteiger partial charge >= 0.3 is 5.97 Å². The maximum absolute atomic E-state index is 11.2. The summed E-state index contributed by atoms with van der Waals surface area (Å²) in [5, 5.41) is 9.22. The van der Waals surface area contributed by atoms with E-state index in [9.17, 15) is 9.90 Å². The third-order valence-corrected chi connectivity index (χ3v) is 5.02. The summed E-state index contributed by atoms with van der Waals surface area (Å²) in [6.45, 7) is 6.42. The second-order valence-electron chi connectivity index (χ2n) is 5.51. The summed E-state index contributed by atoms with van der Waals surface area (Å²) in [5.74, 6) is 0.0117. The van der Waals surface area contributed by atoms with E-state index in [4.69, 9.17) is 0 Å². The molecule has 2 unspecified atom stereocenters. The third-order valence-electron chi connectivity index (χ3n) is 5.02. The zero-order valence-corrected chi connectivity index (χ0v) is 9.34. The first kappa shape index (κ1) is 10.0. The van der Waals surface area contributed by atoms with E-state index in [1.807, 2.05) is 0 Å². The topological polar surface area (TPSA) is 37.3 Å². The largest absolute Gasteiger partial charge is 0.481 e. The van der Waals surface area contributed by atoms with E-state index >= 15 is 0 Å². The molecule has 1 N–H and O–H groups in total. The normalized spacial score (nSPS) is 40.4. The van der Waals surface area contributed by atoms with Crippen LogP contribution in [-0.4, -0.2) is 11.1 Å². The molecule has 0 aromatic heterocycles. The van der Waals surface area contributed by atoms with E-state index in [1.54, 1.807) is 0 Å². The van der Waals surface area contributed by atoms with Gasteiger partial charge in [0.2, 0.25) is 0 Å². The van der Waals surface area contributed by atoms with Gasteiger partial charge < -0.3 is 5.11 Å². The summed E-state index contributed by atoms with van der Waals surface area (Å²) in [4.78, 5) is 11.2. The molecule has 0 bridgehead atoms. The Balaban J connectivity index is 2.25. The van der Waals surface area contributed by atoms with Gasteiger partial charge in [-0.05, 0) is 36.0 Å². The summed E-state index contributed by atoms with van der Waals surface area (Å²) in [7, 11) is 0. The standard InChI is InChI=1S/C12H20O2/c1-4-12(8-6-5-7-8)9(10(13)14)11(12,2)3/h8-9H,4-7H2,1-3H3,(H,13,14). The molecule has 2 nitrogen and oxygen atoms in total. The van der Waals surface area contributed by atoms with Crippen LogP contribution < -0.4 is 0 Å². The molecule has 80 valence electrons. The molecule has 14 heavy (non-hydrogen) atoms. The molecule has 0 radical (unpaired) electrons. The Labute approximate surface area is 85.7 Å². The van der Waals surface area contributed by atoms with Gasteiger partial charge in [0.05, 0.1) is 5.92 Å². The van der Waals surface area contributed by atoms with E-state index in [2.05, 4.69) is 20.8 Å². The Morgan fingerprint density at radius 1 is 1.43 bits per heavy atom. The fraction of sp³-hybridized carbons (Fsp3) is 0.917. The SMILES string of the molecule is CCC1(C2CCC2)C(C(=O)O)C1(C)C. The quantitative estimate of drug-likeness (QED) is 0.753. The Morgan fingerprint density at radius 2 is 2.00 bits per heavy atom. The molecule has 2 aliphatic carbocycles. The highest BCUT2D eigenvalue weighted by atomic mass is 16.4. The van der Waals surface area contributed by atoms with Gasteiger partial charge in [0.25, 0.3) is 0 Å². The molecule has 0 aliphatic heterocycles. The molecular formula is C12H20O2. The van der Waals surface area contributed by atoms with Crippen LogP contribution in [0.2, 0.25) is 0 Å². The van der Waals surface area contributed by atoms with Crippen molar-refractivity contribution in [2.75, 3.05) is 0 Å². The van der Waals surface area contributed by atoms with Crippen molar-refractivity contribution in [1.82, 2.24) is 0 Å². The van der Waals surface area contributed by atoms with Crippen molar-refractivity contribution in [3.05, 3.63) is 0 Å². The fourth-order valence-corrected chi connectivity index (χ4v) is 4.05. The van der Waals surface area contributed by atoms with Gasteiger partial charge in [-0.3, -0.25) is 4.79 Å². The van der Waals surface area contributed by atoms with Crippen molar-refractivity contribution in [3.8, 4) is 0 Å². The van der Waals surface area contributed by atoms with Crippen LogP contribution in [0.5, 0.6) is 0 Å². The summed E-state index contributed by atoms with van der Waals surface area (Å²) in [6.07, 6.45) is 4.83. The molecule has 0 spiro atoms. The van der Waals surface area contributed by atoms with Gasteiger partial charge in [0, 0.05) is 0 Å². The van der Waals surface area contributed by atoms with Crippen LogP contribution >= 0.6 is 0 Å². The summed E-state index contributed by atoms with van der Waals surface area (Å²) >= 11 is 0. The predicted molar refractivity (Wildman–Crippen MR) is 55.0 cm³/mol. The van der Waals surface area contributed by atoms with Crippen LogP contribution in [0.3, 0.4) is 0 Å². The average molecular weight is 196 g/mol. The van der Waals surface area contributed by atoms with Crippen molar-refractivity contribution in [1.29, 1.82) is 0 Å². The van der Waals surface area contributed by atoms with Crippen LogP contribution in [0, 0.1) is 22.7 Å². The Hall–Kier alpha value is -0.530. The van der Waals surface area contributed by atoms with Gasteiger partial charge in [-0.2, -0.15) is 0 Å². The van der Waals surface area contributed by atoms with Crippen LogP contribution in [0.1, 0.15) is 46.5 Å². The van der Waals surface area contributed by atoms with Crippen LogP contribution in [0.15, 0.2) is 0 Å². The first-order valence-corrected chi connectivity index (χ1v) is 5.71. The summed E-state index contributed by atoms with van der Waals surface area (Å²) < 4.78 is 0. The van der Waals surface area contributed by atoms with Gasteiger partial charge in [-0.1, -0.05) is 27.2 Å². The highest BCUT2D eigenvalue weighted by Crippen LogP contribution is 2.76. The van der Waals surface area contributed by atoms with Crippen molar-refractivity contribution in [2.45, 2.75) is 46.5 Å². The lowest BCUT2D eigenvalue weighted by Crippen LogP contribution is -2.28. The molecule has 2 fully saturated rings. The molecule has 2 rings (SSSR count). The number of rotatable bonds is 3. The Morgan fingerprint density at radius 3 is 2.21 bits per heavy atom. The summed E-state index contributed by atoms with van der Waals surface area (Å²) in [6, 6.07) is 0. The Kier molecular flexibility index (Phi) is 1.96. The van der Waals surface area contributed by atoms with E-state index in [0.717, 1.165) is 6.42 Å². The summed E-state index contributed by atoms with van der Waals surface area (Å²) in [5.41, 5.74) is 0.149. The second-order valence-corrected chi connectivity index (χ2v) is 5.51. The highest BCUT2D eigenvalue weighted by molar-refractivity contribution is 5.77. The van der Waals surface area contributed by atoms with Crippen molar-refractivity contribution >= 4 is 5.97 Å². The lowest BCUT2D eigenvalue weighted by Gasteiger charge is -2.36.